The number of hydrogen-bond acceptors (Lipinski definition) is 6. The largest absolute Gasteiger partial charge is 0.324 e. The van der Waals surface area contributed by atoms with E-state index in [0.717, 1.165) is 11.4 Å². The highest BCUT2D eigenvalue weighted by molar-refractivity contribution is 7.91. The van der Waals surface area contributed by atoms with Gasteiger partial charge in [0.25, 0.3) is 0 Å². The number of aromatic nitrogens is 3. The third-order valence-electron chi connectivity index (χ3n) is 4.48. The van der Waals surface area contributed by atoms with Crippen molar-refractivity contribution in [1.29, 1.82) is 0 Å². The molecule has 1 amide bonds. The average Bonchev–Trinajstić information content (AvgIpc) is 3.09. The number of amides is 1. The van der Waals surface area contributed by atoms with Gasteiger partial charge in [-0.3, -0.25) is 9.69 Å². The quantitative estimate of drug-likeness (QED) is 0.833. The minimum absolute atomic E-state index is 0.0997. The fraction of sp³-hybridized carbons (Fsp3) is 0.471. The molecule has 0 aromatic carbocycles. The van der Waals surface area contributed by atoms with Crippen LogP contribution in [0.25, 0.3) is 5.82 Å². The van der Waals surface area contributed by atoms with Crippen molar-refractivity contribution >= 4 is 21.4 Å². The number of anilines is 1. The summed E-state index contributed by atoms with van der Waals surface area (Å²) in [4.78, 5) is 18.3. The molecule has 2 aromatic heterocycles. The van der Waals surface area contributed by atoms with E-state index < -0.39 is 9.84 Å². The van der Waals surface area contributed by atoms with Crippen LogP contribution in [0.1, 0.15) is 17.8 Å². The number of carbonyl (C=O) groups excluding carboxylic acids is 1. The molecule has 140 valence electrons. The summed E-state index contributed by atoms with van der Waals surface area (Å²) in [5, 5.41) is 7.17. The summed E-state index contributed by atoms with van der Waals surface area (Å²) >= 11 is 0. The van der Waals surface area contributed by atoms with Crippen molar-refractivity contribution in [1.82, 2.24) is 19.7 Å². The van der Waals surface area contributed by atoms with Gasteiger partial charge in [-0.1, -0.05) is 0 Å². The fourth-order valence-corrected chi connectivity index (χ4v) is 4.93. The Kier molecular flexibility index (Phi) is 5.10. The molecular weight excluding hydrogens is 354 g/mol. The summed E-state index contributed by atoms with van der Waals surface area (Å²) in [6.07, 6.45) is 2.16. The Morgan fingerprint density at radius 3 is 2.69 bits per heavy atom. The second kappa shape index (κ2) is 7.16. The summed E-state index contributed by atoms with van der Waals surface area (Å²) in [7, 11) is -1.19. The van der Waals surface area contributed by atoms with Crippen molar-refractivity contribution in [3.63, 3.8) is 0 Å². The van der Waals surface area contributed by atoms with Crippen LogP contribution in [0.4, 0.5) is 5.69 Å². The average molecular weight is 377 g/mol. The van der Waals surface area contributed by atoms with Crippen LogP contribution in [0.15, 0.2) is 24.4 Å². The lowest BCUT2D eigenvalue weighted by atomic mass is 10.2. The van der Waals surface area contributed by atoms with Crippen LogP contribution < -0.4 is 5.32 Å². The maximum absolute atomic E-state index is 12.2. The number of sulfone groups is 1. The van der Waals surface area contributed by atoms with Gasteiger partial charge in [0.1, 0.15) is 0 Å². The molecule has 0 bridgehead atoms. The molecule has 3 rings (SSSR count). The first kappa shape index (κ1) is 18.5. The Morgan fingerprint density at radius 2 is 2.15 bits per heavy atom. The van der Waals surface area contributed by atoms with Gasteiger partial charge >= 0.3 is 0 Å². The first-order valence-electron chi connectivity index (χ1n) is 8.44. The highest BCUT2D eigenvalue weighted by atomic mass is 32.2. The highest BCUT2D eigenvalue weighted by Gasteiger charge is 2.31. The molecule has 1 atom stereocenters. The molecule has 1 N–H and O–H groups in total. The van der Waals surface area contributed by atoms with Crippen LogP contribution in [0.3, 0.4) is 0 Å². The van der Waals surface area contributed by atoms with Gasteiger partial charge in [-0.2, -0.15) is 5.10 Å². The smallest absolute Gasteiger partial charge is 0.238 e. The first-order chi connectivity index (χ1) is 12.2. The van der Waals surface area contributed by atoms with E-state index in [1.54, 1.807) is 35.0 Å². The van der Waals surface area contributed by atoms with Crippen LogP contribution in [-0.4, -0.2) is 65.1 Å². The third-order valence-corrected chi connectivity index (χ3v) is 6.23. The minimum atomic E-state index is -2.96. The molecule has 26 heavy (non-hydrogen) atoms. The molecule has 3 heterocycles. The number of rotatable bonds is 5. The van der Waals surface area contributed by atoms with Gasteiger partial charge in [-0.15, -0.1) is 0 Å². The highest BCUT2D eigenvalue weighted by Crippen LogP contribution is 2.17. The van der Waals surface area contributed by atoms with Crippen molar-refractivity contribution in [2.24, 2.45) is 0 Å². The van der Waals surface area contributed by atoms with Crippen molar-refractivity contribution in [2.75, 3.05) is 30.4 Å². The molecule has 1 fully saturated rings. The lowest BCUT2D eigenvalue weighted by Crippen LogP contribution is -2.38. The molecule has 0 aliphatic carbocycles. The molecular formula is C17H23N5O3S. The molecule has 2 aromatic rings. The Morgan fingerprint density at radius 1 is 1.38 bits per heavy atom. The van der Waals surface area contributed by atoms with Gasteiger partial charge in [0.2, 0.25) is 5.91 Å². The number of aryl methyl sites for hydroxylation is 2. The zero-order valence-corrected chi connectivity index (χ0v) is 16.0. The predicted molar refractivity (Wildman–Crippen MR) is 99.2 cm³/mol. The molecule has 1 aliphatic rings. The molecule has 8 nitrogen and oxygen atoms in total. The van der Waals surface area contributed by atoms with E-state index in [0.29, 0.717) is 17.9 Å². The maximum atomic E-state index is 12.2. The van der Waals surface area contributed by atoms with E-state index in [9.17, 15) is 13.2 Å². The second-order valence-corrected chi connectivity index (χ2v) is 8.99. The van der Waals surface area contributed by atoms with Gasteiger partial charge in [0.05, 0.1) is 35.6 Å². The minimum Gasteiger partial charge on any atom is -0.324 e. The summed E-state index contributed by atoms with van der Waals surface area (Å²) in [5.41, 5.74) is 2.49. The molecule has 1 unspecified atom stereocenters. The Balaban J connectivity index is 1.59. The van der Waals surface area contributed by atoms with Crippen molar-refractivity contribution in [3.8, 4) is 5.82 Å². The van der Waals surface area contributed by atoms with Gasteiger partial charge in [-0.05, 0) is 45.5 Å². The second-order valence-electron chi connectivity index (χ2n) is 6.76. The van der Waals surface area contributed by atoms with E-state index in [1.807, 2.05) is 19.9 Å². The Hall–Kier alpha value is -2.26. The standard InChI is InChI=1S/C17H23N5O3S/c1-12-8-13(2)22(20-12)16-5-4-14(9-18-16)19-17(23)10-21(3)15-6-7-26(24,25)11-15/h4-5,8-9,15H,6-7,10-11H2,1-3H3,(H,19,23). The van der Waals surface area contributed by atoms with Crippen molar-refractivity contribution in [3.05, 3.63) is 35.8 Å². The SMILES string of the molecule is Cc1cc(C)n(-c2ccc(NC(=O)CN(C)C3CCS(=O)(=O)C3)cn2)n1. The number of carbonyl (C=O) groups is 1. The van der Waals surface area contributed by atoms with Crippen LogP contribution in [0.2, 0.25) is 0 Å². The van der Waals surface area contributed by atoms with Crippen molar-refractivity contribution < 1.29 is 13.2 Å². The van der Waals surface area contributed by atoms with Gasteiger partial charge in [-0.25, -0.2) is 18.1 Å². The van der Waals surface area contributed by atoms with Crippen LogP contribution >= 0.6 is 0 Å². The van der Waals surface area contributed by atoms with Crippen molar-refractivity contribution in [2.45, 2.75) is 26.3 Å². The number of nitrogens with one attached hydrogen (secondary N) is 1. The first-order valence-corrected chi connectivity index (χ1v) is 10.3. The van der Waals surface area contributed by atoms with E-state index >= 15 is 0 Å². The summed E-state index contributed by atoms with van der Waals surface area (Å²) in [6.45, 7) is 4.01. The monoisotopic (exact) mass is 377 g/mol. The summed E-state index contributed by atoms with van der Waals surface area (Å²) < 4.78 is 24.9. The predicted octanol–water partition coefficient (Wildman–Crippen LogP) is 0.942. The Labute approximate surface area is 153 Å². The normalized spacial score (nSPS) is 19.0. The van der Waals surface area contributed by atoms with E-state index in [-0.39, 0.29) is 30.0 Å². The topological polar surface area (TPSA) is 97.2 Å². The molecule has 0 saturated carbocycles. The van der Waals surface area contributed by atoms with Gasteiger partial charge < -0.3 is 5.32 Å². The summed E-state index contributed by atoms with van der Waals surface area (Å²) in [5.74, 6) is 0.802. The zero-order valence-electron chi connectivity index (χ0n) is 15.1. The maximum Gasteiger partial charge on any atom is 0.238 e. The molecule has 0 spiro atoms. The fourth-order valence-electron chi connectivity index (χ4n) is 3.13. The molecule has 1 saturated heterocycles. The molecule has 1 aliphatic heterocycles. The lowest BCUT2D eigenvalue weighted by molar-refractivity contribution is -0.117. The molecule has 9 heteroatoms. The number of hydrogen-bond donors (Lipinski definition) is 1. The summed E-state index contributed by atoms with van der Waals surface area (Å²) in [6, 6.07) is 5.44. The van der Waals surface area contributed by atoms with Crippen LogP contribution in [0, 0.1) is 13.8 Å². The van der Waals surface area contributed by atoms with E-state index in [1.165, 1.54) is 0 Å². The van der Waals surface area contributed by atoms with Gasteiger partial charge in [0, 0.05) is 11.7 Å². The van der Waals surface area contributed by atoms with Gasteiger partial charge in [0.15, 0.2) is 15.7 Å². The Bertz CT molecular complexity index is 905. The molecule has 0 radical (unpaired) electrons. The number of likely N-dealkylation sites (N-methyl/N-ethyl adjacent to an activating group) is 1. The third kappa shape index (κ3) is 4.28. The number of nitrogens with zero attached hydrogens (tertiary/aromatic N) is 4. The van der Waals surface area contributed by atoms with Crippen LogP contribution in [0.5, 0.6) is 0 Å². The van der Waals surface area contributed by atoms with E-state index in [2.05, 4.69) is 15.4 Å². The van der Waals surface area contributed by atoms with Crippen LogP contribution in [-0.2, 0) is 14.6 Å². The zero-order chi connectivity index (χ0) is 18.9. The lowest BCUT2D eigenvalue weighted by Gasteiger charge is -2.22. The number of pyridine rings is 1. The van der Waals surface area contributed by atoms with E-state index in [4.69, 9.17) is 0 Å².